The van der Waals surface area contributed by atoms with Crippen LogP contribution in [0.3, 0.4) is 0 Å². The van der Waals surface area contributed by atoms with Crippen molar-refractivity contribution in [2.75, 3.05) is 0 Å². The van der Waals surface area contributed by atoms with Gasteiger partial charge in [0.15, 0.2) is 25.5 Å². The summed E-state index contributed by atoms with van der Waals surface area (Å²) < 4.78 is 217. The summed E-state index contributed by atoms with van der Waals surface area (Å²) in [5.74, 6) is -1.68. The molecule has 0 atom stereocenters. The first-order valence-electron chi connectivity index (χ1n) is 33.0. The van der Waals surface area contributed by atoms with Gasteiger partial charge in [0.1, 0.15) is 11.2 Å². The van der Waals surface area contributed by atoms with E-state index in [4.69, 9.17) is 38.6 Å². The fourth-order valence-corrected chi connectivity index (χ4v) is 13.8. The molecule has 0 spiro atoms. The van der Waals surface area contributed by atoms with Crippen molar-refractivity contribution in [1.29, 1.82) is 0 Å². The van der Waals surface area contributed by atoms with Crippen LogP contribution in [0.25, 0.3) is 94.7 Å². The molecule has 0 N–H and O–H groups in total. The van der Waals surface area contributed by atoms with Crippen LogP contribution in [0.5, 0.6) is 0 Å². The molecule has 0 saturated carbocycles. The summed E-state index contributed by atoms with van der Waals surface area (Å²) >= 11 is 0. The zero-order valence-electron chi connectivity index (χ0n) is 58.7. The topological polar surface area (TPSA) is 56.7 Å². The van der Waals surface area contributed by atoms with Crippen molar-refractivity contribution in [3.63, 3.8) is 0 Å². The van der Waals surface area contributed by atoms with E-state index in [0.29, 0.717) is 0 Å². The third-order valence-corrected chi connectivity index (χ3v) is 16.8. The van der Waals surface area contributed by atoms with E-state index in [1.165, 1.54) is 0 Å². The molecule has 0 amide bonds. The first-order valence-corrected chi connectivity index (χ1v) is 23.5. The number of hydrogen-bond donors (Lipinski definition) is 0. The second kappa shape index (κ2) is 16.7. The molecule has 0 radical (unpaired) electrons. The zero-order chi connectivity index (χ0) is 65.7. The maximum atomic E-state index is 10.1. The van der Waals surface area contributed by atoms with E-state index >= 15 is 0 Å². The van der Waals surface area contributed by atoms with Gasteiger partial charge in [-0.15, -0.1) is 0 Å². The number of furan rings is 1. The molecule has 13 rings (SSSR count). The molecule has 69 heavy (non-hydrogen) atoms. The van der Waals surface area contributed by atoms with Crippen LogP contribution in [0.4, 0.5) is 0 Å². The summed E-state index contributed by atoms with van der Waals surface area (Å²) in [6.07, 6.45) is 0. The standard InChI is InChI=1S/C63H42N4OSi/c1-4-22-46(23-5-1)69(47-24-6-2-7-25-47,48-26-8-3-9-27-48)49-40-38-43(39-41-49)61-64-62(44-20-18-21-45(42-44)67-56-34-15-12-29-51(56)52-30-13-16-35-57(52)67)66-63(65-61)54-31-11-10-28-50(54)53-33-19-37-59-60(53)55-32-14-17-36-58(55)68-59/h1-42H/i10D,11D,12D,13D,14D,15D,16D,17D,18D,19D,20D,21D,28D,29D,30D,31D,32D,33D,34D,35D,36D,37D,42D. The predicted octanol–water partition coefficient (Wildman–Crippen LogP) is 12.9. The predicted molar refractivity (Wildman–Crippen MR) is 287 cm³/mol. The largest absolute Gasteiger partial charge is 0.456 e. The quantitative estimate of drug-likeness (QED) is 0.107. The summed E-state index contributed by atoms with van der Waals surface area (Å²) in [6.45, 7) is 0. The Morgan fingerprint density at radius 1 is 0.377 bits per heavy atom. The fraction of sp³-hybridized carbons (Fsp3) is 0. The fourth-order valence-electron chi connectivity index (χ4n) is 9.08. The van der Waals surface area contributed by atoms with Crippen LogP contribution in [0, 0.1) is 0 Å². The molecule has 0 unspecified atom stereocenters. The average molecular weight is 922 g/mol. The van der Waals surface area contributed by atoms with Gasteiger partial charge >= 0.3 is 0 Å². The highest BCUT2D eigenvalue weighted by Crippen LogP contribution is 2.41. The van der Waals surface area contributed by atoms with Gasteiger partial charge in [-0.1, -0.05) is 218 Å². The van der Waals surface area contributed by atoms with E-state index < -0.39 is 230 Å². The third-order valence-electron chi connectivity index (χ3n) is 12.0. The Bertz CT molecular complexity index is 5210. The number of rotatable bonds is 9. The van der Waals surface area contributed by atoms with E-state index in [9.17, 15) is 12.3 Å². The van der Waals surface area contributed by atoms with Crippen LogP contribution >= 0.6 is 0 Å². The monoisotopic (exact) mass is 921 g/mol. The van der Waals surface area contributed by atoms with Crippen molar-refractivity contribution in [2.45, 2.75) is 0 Å². The Morgan fingerprint density at radius 2 is 0.855 bits per heavy atom. The minimum atomic E-state index is -3.24. The van der Waals surface area contributed by atoms with Crippen molar-refractivity contribution >= 4 is 72.6 Å². The number of para-hydroxylation sites is 3. The van der Waals surface area contributed by atoms with Crippen molar-refractivity contribution in [3.05, 3.63) is 254 Å². The maximum absolute atomic E-state index is 10.1. The highest BCUT2D eigenvalue weighted by Gasteiger charge is 2.41. The van der Waals surface area contributed by atoms with Gasteiger partial charge in [-0.25, -0.2) is 15.0 Å². The Kier molecular flexibility index (Phi) is 5.61. The van der Waals surface area contributed by atoms with Gasteiger partial charge < -0.3 is 8.98 Å². The van der Waals surface area contributed by atoms with Gasteiger partial charge in [-0.3, -0.25) is 0 Å². The minimum Gasteiger partial charge on any atom is -0.456 e. The second-order valence-corrected chi connectivity index (χ2v) is 19.6. The highest BCUT2D eigenvalue weighted by molar-refractivity contribution is 7.19. The van der Waals surface area contributed by atoms with Crippen molar-refractivity contribution in [1.82, 2.24) is 19.5 Å². The lowest BCUT2D eigenvalue weighted by molar-refractivity contribution is 0.669. The van der Waals surface area contributed by atoms with Crippen LogP contribution in [-0.2, 0) is 0 Å². The molecule has 3 aromatic heterocycles. The van der Waals surface area contributed by atoms with Crippen LogP contribution in [0.1, 0.15) is 31.5 Å². The summed E-state index contributed by atoms with van der Waals surface area (Å²) in [6, 6.07) is 18.0. The smallest absolute Gasteiger partial charge is 0.179 e. The molecule has 3 heterocycles. The molecule has 0 aliphatic carbocycles. The lowest BCUT2D eigenvalue weighted by Gasteiger charge is -2.34. The Morgan fingerprint density at radius 3 is 1.49 bits per heavy atom. The Hall–Kier alpha value is -8.97. The second-order valence-electron chi connectivity index (χ2n) is 15.7. The van der Waals surface area contributed by atoms with Crippen LogP contribution < -0.4 is 20.7 Å². The maximum Gasteiger partial charge on any atom is 0.179 e. The van der Waals surface area contributed by atoms with E-state index in [1.54, 1.807) is 12.1 Å². The van der Waals surface area contributed by atoms with E-state index in [2.05, 4.69) is 36.4 Å². The lowest BCUT2D eigenvalue weighted by Crippen LogP contribution is -2.74. The highest BCUT2D eigenvalue weighted by atomic mass is 28.3. The molecule has 0 aliphatic heterocycles. The van der Waals surface area contributed by atoms with Crippen LogP contribution in [0.2, 0.25) is 0 Å². The number of benzene rings is 10. The molecule has 324 valence electrons. The summed E-state index contributed by atoms with van der Waals surface area (Å²) in [5, 5.41) is 2.25. The summed E-state index contributed by atoms with van der Waals surface area (Å²) in [5.41, 5.74) is -5.17. The zero-order valence-corrected chi connectivity index (χ0v) is 36.7. The third kappa shape index (κ3) is 6.72. The number of nitrogens with zero attached hydrogens (tertiary/aromatic N) is 4. The van der Waals surface area contributed by atoms with E-state index in [-0.39, 0.29) is 11.4 Å². The summed E-state index contributed by atoms with van der Waals surface area (Å²) in [4.78, 5) is 14.5. The molecule has 0 bridgehead atoms. The molecule has 10 aromatic carbocycles. The van der Waals surface area contributed by atoms with Crippen molar-refractivity contribution in [3.8, 4) is 51.0 Å². The minimum absolute atomic E-state index is 0.182. The first-order chi connectivity index (χ1) is 43.8. The number of aromatic nitrogens is 4. The van der Waals surface area contributed by atoms with Gasteiger partial charge in [-0.2, -0.15) is 0 Å². The molecular formula is C63H42N4OSi. The average Bonchev–Trinajstić information content (AvgIpc) is 1.50. The van der Waals surface area contributed by atoms with Crippen molar-refractivity contribution in [2.24, 2.45) is 0 Å². The van der Waals surface area contributed by atoms with Crippen LogP contribution in [-0.4, -0.2) is 27.6 Å². The van der Waals surface area contributed by atoms with Gasteiger partial charge in [-0.05, 0) is 68.1 Å². The van der Waals surface area contributed by atoms with E-state index in [0.717, 1.165) is 25.3 Å². The molecule has 6 heteroatoms. The summed E-state index contributed by atoms with van der Waals surface area (Å²) in [7, 11) is -3.24. The lowest BCUT2D eigenvalue weighted by atomic mass is 9.95. The number of fused-ring (bicyclic) bond motifs is 6. The molecule has 5 nitrogen and oxygen atoms in total. The van der Waals surface area contributed by atoms with Gasteiger partial charge in [0.25, 0.3) is 0 Å². The SMILES string of the molecule is [2H]c1c([2H])c([2H])c(-c2c([2H])c([2H])c([2H])c3oc4c([2H])c([2H])c([2H])c([2H])c4c23)c(-c2nc(-c3ccc([Si](c4ccccc4)(c4ccccc4)c4ccccc4)cc3)nc(-c3c([2H])c([2H])c([2H])c(-n4c5c([2H])c([2H])c([2H])c([2H])c5c5c([2H])c([2H])c([2H])c([2H])c54)c3[2H])n2)c1[2H]. The van der Waals surface area contributed by atoms with Gasteiger partial charge in [0.05, 0.1) is 42.6 Å². The Balaban J connectivity index is 1.17. The molecule has 0 aliphatic rings. The van der Waals surface area contributed by atoms with E-state index in [1.807, 2.05) is 66.7 Å². The Labute approximate surface area is 432 Å². The van der Waals surface area contributed by atoms with Crippen LogP contribution in [0.15, 0.2) is 259 Å². The van der Waals surface area contributed by atoms with Crippen molar-refractivity contribution < 1.29 is 35.9 Å². The number of hydrogen-bond acceptors (Lipinski definition) is 4. The molecular weight excluding hydrogens is 857 g/mol. The molecule has 0 saturated heterocycles. The van der Waals surface area contributed by atoms with Gasteiger partial charge in [0.2, 0.25) is 0 Å². The molecule has 0 fully saturated rings. The molecule has 13 aromatic rings. The van der Waals surface area contributed by atoms with Gasteiger partial charge in [0, 0.05) is 43.9 Å². The normalized spacial score (nSPS) is 16.4. The first kappa shape index (κ1) is 23.2.